The van der Waals surface area contributed by atoms with Crippen molar-refractivity contribution in [3.63, 3.8) is 0 Å². The molecule has 2 aromatic rings. The third kappa shape index (κ3) is 4.30. The molecule has 2 aliphatic rings. The zero-order valence-electron chi connectivity index (χ0n) is 16.8. The highest BCUT2D eigenvalue weighted by molar-refractivity contribution is 6.14. The first-order chi connectivity index (χ1) is 14.6. The number of para-hydroxylation sites is 2. The largest absolute Gasteiger partial charge is 0.459 e. The molecule has 7 nitrogen and oxygen atoms in total. The molecule has 156 valence electrons. The summed E-state index contributed by atoms with van der Waals surface area (Å²) in [6.07, 6.45) is 5.07. The van der Waals surface area contributed by atoms with E-state index in [2.05, 4.69) is 5.32 Å². The third-order valence-corrected chi connectivity index (χ3v) is 5.58. The van der Waals surface area contributed by atoms with Crippen LogP contribution in [0.15, 0.2) is 54.6 Å². The summed E-state index contributed by atoms with van der Waals surface area (Å²) in [4.78, 5) is 41.1. The molecule has 4 rings (SSSR count). The van der Waals surface area contributed by atoms with E-state index in [1.54, 1.807) is 17.0 Å². The van der Waals surface area contributed by atoms with E-state index in [4.69, 9.17) is 4.74 Å². The molecule has 1 saturated carbocycles. The Bertz CT molecular complexity index is 925. The lowest BCUT2D eigenvalue weighted by atomic mass is 9.94. The molecule has 0 bridgehead atoms. The SMILES string of the molecule is O=C(CN1C(=O)NC(=O)N(C2CCCCC2)c2ccccc21)OCc1ccccc1. The Hall–Kier alpha value is -3.35. The Morgan fingerprint density at radius 1 is 0.900 bits per heavy atom. The standard InChI is InChI=1S/C23H25N3O4/c27-21(30-16-17-9-3-1-4-10-17)15-25-19-13-7-8-14-20(19)26(23(29)24-22(25)28)18-11-5-2-6-12-18/h1,3-4,7-10,13-14,18H,2,5-6,11-12,15-16H2,(H,24,28,29). The molecule has 4 amide bonds. The van der Waals surface area contributed by atoms with Crippen LogP contribution in [0.5, 0.6) is 0 Å². The van der Waals surface area contributed by atoms with Crippen molar-refractivity contribution in [2.24, 2.45) is 0 Å². The number of carbonyl (C=O) groups excluding carboxylic acids is 3. The molecular weight excluding hydrogens is 382 g/mol. The molecule has 1 aliphatic heterocycles. The second kappa shape index (κ2) is 8.98. The van der Waals surface area contributed by atoms with Gasteiger partial charge in [-0.15, -0.1) is 0 Å². The normalized spacial score (nSPS) is 17.2. The lowest BCUT2D eigenvalue weighted by Gasteiger charge is -2.33. The van der Waals surface area contributed by atoms with E-state index in [-0.39, 0.29) is 19.2 Å². The highest BCUT2D eigenvalue weighted by Gasteiger charge is 2.36. The number of imide groups is 1. The second-order valence-corrected chi connectivity index (χ2v) is 7.62. The van der Waals surface area contributed by atoms with Gasteiger partial charge in [-0.3, -0.25) is 19.9 Å². The average Bonchev–Trinajstić information content (AvgIpc) is 2.87. The van der Waals surface area contributed by atoms with Gasteiger partial charge < -0.3 is 4.74 Å². The summed E-state index contributed by atoms with van der Waals surface area (Å²) >= 11 is 0. The molecule has 0 atom stereocenters. The molecule has 1 aliphatic carbocycles. The lowest BCUT2D eigenvalue weighted by molar-refractivity contribution is -0.143. The van der Waals surface area contributed by atoms with Gasteiger partial charge in [-0.2, -0.15) is 0 Å². The number of ether oxygens (including phenoxy) is 1. The number of hydrogen-bond donors (Lipinski definition) is 1. The molecule has 30 heavy (non-hydrogen) atoms. The first-order valence-corrected chi connectivity index (χ1v) is 10.3. The van der Waals surface area contributed by atoms with Crippen molar-refractivity contribution in [2.75, 3.05) is 16.3 Å². The van der Waals surface area contributed by atoms with E-state index in [0.29, 0.717) is 11.4 Å². The minimum Gasteiger partial charge on any atom is -0.459 e. The first-order valence-electron chi connectivity index (χ1n) is 10.3. The maximum atomic E-state index is 12.9. The number of rotatable bonds is 5. The van der Waals surface area contributed by atoms with Crippen molar-refractivity contribution in [1.29, 1.82) is 0 Å². The number of urea groups is 2. The lowest BCUT2D eigenvalue weighted by Crippen LogP contribution is -2.50. The molecular formula is C23H25N3O4. The van der Waals surface area contributed by atoms with Crippen LogP contribution in [0.25, 0.3) is 0 Å². The molecule has 0 aromatic heterocycles. The zero-order chi connectivity index (χ0) is 20.9. The fourth-order valence-electron chi connectivity index (χ4n) is 4.11. The van der Waals surface area contributed by atoms with Crippen LogP contribution in [0.3, 0.4) is 0 Å². The van der Waals surface area contributed by atoms with Crippen LogP contribution in [0.4, 0.5) is 21.0 Å². The van der Waals surface area contributed by atoms with E-state index in [1.165, 1.54) is 4.90 Å². The molecule has 0 spiro atoms. The molecule has 1 heterocycles. The minimum absolute atomic E-state index is 0.0395. The van der Waals surface area contributed by atoms with Crippen LogP contribution < -0.4 is 15.1 Å². The molecule has 1 N–H and O–H groups in total. The number of benzene rings is 2. The van der Waals surface area contributed by atoms with Gasteiger partial charge in [0.25, 0.3) is 0 Å². The number of amides is 4. The van der Waals surface area contributed by atoms with Crippen molar-refractivity contribution >= 4 is 29.4 Å². The number of anilines is 2. The Morgan fingerprint density at radius 3 is 2.30 bits per heavy atom. The molecule has 1 fully saturated rings. The topological polar surface area (TPSA) is 79.0 Å². The monoisotopic (exact) mass is 407 g/mol. The van der Waals surface area contributed by atoms with Gasteiger partial charge in [0.15, 0.2) is 0 Å². The summed E-state index contributed by atoms with van der Waals surface area (Å²) in [5.74, 6) is -0.539. The van der Waals surface area contributed by atoms with E-state index in [0.717, 1.165) is 37.7 Å². The number of fused-ring (bicyclic) bond motifs is 1. The number of carbonyl (C=O) groups is 3. The average molecular weight is 407 g/mol. The Labute approximate surface area is 175 Å². The van der Waals surface area contributed by atoms with Gasteiger partial charge in [-0.05, 0) is 30.5 Å². The summed E-state index contributed by atoms with van der Waals surface area (Å²) in [5.41, 5.74) is 2.04. The van der Waals surface area contributed by atoms with Crippen LogP contribution in [-0.2, 0) is 16.1 Å². The van der Waals surface area contributed by atoms with E-state index < -0.39 is 18.0 Å². The van der Waals surface area contributed by atoms with E-state index in [1.807, 2.05) is 42.5 Å². The molecule has 7 heteroatoms. The van der Waals surface area contributed by atoms with Gasteiger partial charge in [-0.1, -0.05) is 61.7 Å². The molecule has 0 saturated heterocycles. The number of nitrogens with one attached hydrogen (secondary N) is 1. The van der Waals surface area contributed by atoms with E-state index >= 15 is 0 Å². The molecule has 0 radical (unpaired) electrons. The summed E-state index contributed by atoms with van der Waals surface area (Å²) < 4.78 is 5.35. The summed E-state index contributed by atoms with van der Waals surface area (Å²) in [7, 11) is 0. The number of nitrogens with zero attached hydrogens (tertiary/aromatic N) is 2. The van der Waals surface area contributed by atoms with Crippen LogP contribution in [-0.4, -0.2) is 30.6 Å². The maximum absolute atomic E-state index is 12.9. The maximum Gasteiger partial charge on any atom is 0.330 e. The third-order valence-electron chi connectivity index (χ3n) is 5.58. The summed E-state index contributed by atoms with van der Waals surface area (Å²) in [6.45, 7) is -0.147. The van der Waals surface area contributed by atoms with Gasteiger partial charge in [0.2, 0.25) is 0 Å². The number of hydrogen-bond acceptors (Lipinski definition) is 4. The molecule has 0 unspecified atom stereocenters. The predicted octanol–water partition coefficient (Wildman–Crippen LogP) is 4.22. The van der Waals surface area contributed by atoms with Crippen LogP contribution in [0, 0.1) is 0 Å². The fraction of sp³-hybridized carbons (Fsp3) is 0.348. The van der Waals surface area contributed by atoms with Crippen molar-refractivity contribution in [2.45, 2.75) is 44.8 Å². The van der Waals surface area contributed by atoms with Crippen LogP contribution >= 0.6 is 0 Å². The smallest absolute Gasteiger partial charge is 0.330 e. The summed E-state index contributed by atoms with van der Waals surface area (Å²) in [6, 6.07) is 15.5. The van der Waals surface area contributed by atoms with Crippen molar-refractivity contribution in [3.8, 4) is 0 Å². The Morgan fingerprint density at radius 2 is 1.57 bits per heavy atom. The van der Waals surface area contributed by atoms with Crippen LogP contribution in [0.2, 0.25) is 0 Å². The van der Waals surface area contributed by atoms with Crippen LogP contribution in [0.1, 0.15) is 37.7 Å². The van der Waals surface area contributed by atoms with Gasteiger partial charge in [0.05, 0.1) is 11.4 Å². The van der Waals surface area contributed by atoms with Gasteiger partial charge in [0.1, 0.15) is 13.2 Å². The number of esters is 1. The fourth-order valence-corrected chi connectivity index (χ4v) is 4.11. The minimum atomic E-state index is -0.623. The highest BCUT2D eigenvalue weighted by Crippen LogP contribution is 2.36. The Balaban J connectivity index is 1.55. The zero-order valence-corrected chi connectivity index (χ0v) is 16.8. The quantitative estimate of drug-likeness (QED) is 0.753. The van der Waals surface area contributed by atoms with Gasteiger partial charge in [0, 0.05) is 6.04 Å². The van der Waals surface area contributed by atoms with Gasteiger partial charge in [-0.25, -0.2) is 9.59 Å². The van der Waals surface area contributed by atoms with Crippen molar-refractivity contribution in [3.05, 3.63) is 60.2 Å². The highest BCUT2D eigenvalue weighted by atomic mass is 16.5. The second-order valence-electron chi connectivity index (χ2n) is 7.62. The first kappa shape index (κ1) is 19.9. The van der Waals surface area contributed by atoms with Crippen molar-refractivity contribution in [1.82, 2.24) is 5.32 Å². The van der Waals surface area contributed by atoms with Crippen molar-refractivity contribution < 1.29 is 19.1 Å². The Kier molecular flexibility index (Phi) is 5.97. The predicted molar refractivity (Wildman–Crippen MR) is 113 cm³/mol. The van der Waals surface area contributed by atoms with Gasteiger partial charge >= 0.3 is 18.0 Å². The summed E-state index contributed by atoms with van der Waals surface area (Å²) in [5, 5.41) is 2.43. The molecule has 2 aromatic carbocycles. The van der Waals surface area contributed by atoms with E-state index in [9.17, 15) is 14.4 Å².